The molecule has 3 rings (SSSR count). The fraction of sp³-hybridized carbons (Fsp3) is 0.500. The second-order valence-corrected chi connectivity index (χ2v) is 9.12. The minimum atomic E-state index is -0.257. The van der Waals surface area contributed by atoms with Gasteiger partial charge in [-0.05, 0) is 30.5 Å². The second kappa shape index (κ2) is 15.1. The van der Waals surface area contributed by atoms with E-state index < -0.39 is 0 Å². The van der Waals surface area contributed by atoms with Crippen molar-refractivity contribution in [3.63, 3.8) is 0 Å². The Kier molecular flexibility index (Phi) is 11.5. The van der Waals surface area contributed by atoms with Crippen molar-refractivity contribution in [3.8, 4) is 17.2 Å². The summed E-state index contributed by atoms with van der Waals surface area (Å²) in [7, 11) is 0. The molecule has 190 valence electrons. The summed E-state index contributed by atoms with van der Waals surface area (Å²) in [5.41, 5.74) is 1.53. The molecule has 5 nitrogen and oxygen atoms in total. The van der Waals surface area contributed by atoms with Gasteiger partial charge in [0.15, 0.2) is 5.75 Å². The molecule has 0 saturated carbocycles. The van der Waals surface area contributed by atoms with Gasteiger partial charge in [-0.1, -0.05) is 95.5 Å². The van der Waals surface area contributed by atoms with Crippen LogP contribution >= 0.6 is 0 Å². The number of fused-ring (bicyclic) bond motifs is 1. The molecular weight excluding hydrogens is 438 g/mol. The smallest absolute Gasteiger partial charge is 0.294 e. The van der Waals surface area contributed by atoms with Crippen LogP contribution in [0.1, 0.15) is 83.6 Å². The summed E-state index contributed by atoms with van der Waals surface area (Å²) in [4.78, 5) is 16.0. The van der Waals surface area contributed by atoms with Gasteiger partial charge in [0.1, 0.15) is 12.4 Å². The van der Waals surface area contributed by atoms with Gasteiger partial charge in [-0.2, -0.15) is 0 Å². The summed E-state index contributed by atoms with van der Waals surface area (Å²) >= 11 is 0. The quantitative estimate of drug-likeness (QED) is 0.201. The summed E-state index contributed by atoms with van der Waals surface area (Å²) in [6.45, 7) is 5.97. The molecule has 0 atom stereocenters. The average Bonchev–Trinajstić information content (AvgIpc) is 2.88. The lowest BCUT2D eigenvalue weighted by atomic mass is 10.1. The maximum Gasteiger partial charge on any atom is 0.294 e. The summed E-state index contributed by atoms with van der Waals surface area (Å²) in [6.07, 6.45) is 11.4. The van der Waals surface area contributed by atoms with Crippen LogP contribution in [0.3, 0.4) is 0 Å². The van der Waals surface area contributed by atoms with E-state index in [-0.39, 0.29) is 5.56 Å². The van der Waals surface area contributed by atoms with Crippen LogP contribution in [0.4, 0.5) is 0 Å². The number of nitrogens with one attached hydrogen (secondary N) is 1. The Morgan fingerprint density at radius 1 is 0.686 bits per heavy atom. The van der Waals surface area contributed by atoms with Crippen molar-refractivity contribution in [2.45, 2.75) is 84.7 Å². The highest BCUT2D eigenvalue weighted by atomic mass is 16.5. The summed E-state index contributed by atoms with van der Waals surface area (Å²) in [5.74, 6) is 1.53. The summed E-state index contributed by atoms with van der Waals surface area (Å²) in [5, 5.41) is 0.838. The van der Waals surface area contributed by atoms with E-state index in [9.17, 15) is 4.79 Å². The number of ether oxygens (including phenoxy) is 3. The first-order valence-corrected chi connectivity index (χ1v) is 13.3. The van der Waals surface area contributed by atoms with Crippen LogP contribution in [0.25, 0.3) is 10.9 Å². The van der Waals surface area contributed by atoms with Gasteiger partial charge in [0.2, 0.25) is 5.75 Å². The molecule has 0 radical (unpaired) electrons. The zero-order chi connectivity index (χ0) is 24.7. The zero-order valence-electron chi connectivity index (χ0n) is 21.4. The van der Waals surface area contributed by atoms with Gasteiger partial charge in [0.05, 0.1) is 18.7 Å². The second-order valence-electron chi connectivity index (χ2n) is 9.12. The molecule has 1 aromatic heterocycles. The van der Waals surface area contributed by atoms with Crippen LogP contribution in [-0.2, 0) is 6.61 Å². The number of hydrogen-bond acceptors (Lipinski definition) is 4. The normalized spacial score (nSPS) is 11.0. The highest BCUT2D eigenvalue weighted by molar-refractivity contribution is 5.88. The fourth-order valence-corrected chi connectivity index (χ4v) is 4.09. The molecule has 0 fully saturated rings. The van der Waals surface area contributed by atoms with Gasteiger partial charge in [-0.3, -0.25) is 4.79 Å². The van der Waals surface area contributed by atoms with Crippen molar-refractivity contribution < 1.29 is 14.2 Å². The third-order valence-corrected chi connectivity index (χ3v) is 6.13. The van der Waals surface area contributed by atoms with Crippen molar-refractivity contribution in [1.82, 2.24) is 4.98 Å². The van der Waals surface area contributed by atoms with Gasteiger partial charge in [-0.25, -0.2) is 0 Å². The van der Waals surface area contributed by atoms with Crippen molar-refractivity contribution in [2.24, 2.45) is 0 Å². The highest BCUT2D eigenvalue weighted by Crippen LogP contribution is 2.34. The molecule has 5 heteroatoms. The molecule has 0 aliphatic rings. The lowest BCUT2D eigenvalue weighted by Crippen LogP contribution is -2.15. The number of unbranched alkanes of at least 4 members (excludes halogenated alkanes) is 8. The number of aromatic nitrogens is 1. The first-order chi connectivity index (χ1) is 17.2. The molecule has 0 bridgehead atoms. The Hall–Kier alpha value is -2.95. The molecule has 0 spiro atoms. The monoisotopic (exact) mass is 479 g/mol. The summed E-state index contributed by atoms with van der Waals surface area (Å²) in [6, 6.07) is 15.8. The minimum absolute atomic E-state index is 0.257. The van der Waals surface area contributed by atoms with E-state index in [0.29, 0.717) is 42.6 Å². The molecule has 0 amide bonds. The number of H-pyrrole nitrogens is 1. The van der Waals surface area contributed by atoms with Crippen molar-refractivity contribution in [2.75, 3.05) is 13.2 Å². The average molecular weight is 480 g/mol. The first kappa shape index (κ1) is 26.7. The van der Waals surface area contributed by atoms with Crippen LogP contribution in [0, 0.1) is 0 Å². The lowest BCUT2D eigenvalue weighted by Gasteiger charge is -2.15. The zero-order valence-corrected chi connectivity index (χ0v) is 21.4. The Morgan fingerprint density at radius 3 is 2.03 bits per heavy atom. The van der Waals surface area contributed by atoms with Crippen molar-refractivity contribution in [3.05, 3.63) is 64.4 Å². The largest absolute Gasteiger partial charge is 0.489 e. The Morgan fingerprint density at radius 2 is 1.31 bits per heavy atom. The number of pyridine rings is 1. The molecule has 2 aromatic carbocycles. The molecule has 0 unspecified atom stereocenters. The van der Waals surface area contributed by atoms with E-state index >= 15 is 0 Å². The van der Waals surface area contributed by atoms with E-state index in [4.69, 9.17) is 14.2 Å². The van der Waals surface area contributed by atoms with Crippen LogP contribution < -0.4 is 19.8 Å². The van der Waals surface area contributed by atoms with Gasteiger partial charge < -0.3 is 19.2 Å². The molecule has 1 N–H and O–H groups in total. The van der Waals surface area contributed by atoms with Gasteiger partial charge >= 0.3 is 0 Å². The predicted molar refractivity (Wildman–Crippen MR) is 144 cm³/mol. The predicted octanol–water partition coefficient (Wildman–Crippen LogP) is 7.81. The van der Waals surface area contributed by atoms with Crippen LogP contribution in [0.15, 0.2) is 53.3 Å². The highest BCUT2D eigenvalue weighted by Gasteiger charge is 2.16. The van der Waals surface area contributed by atoms with E-state index in [1.807, 2.05) is 48.5 Å². The number of hydrogen-bond donors (Lipinski definition) is 1. The SMILES string of the molecule is CCCCCCCCOc1c(OCCCCCC)c2ccc(OCc3ccccc3)cc2[nH]c1=O. The molecule has 0 aliphatic carbocycles. The van der Waals surface area contributed by atoms with E-state index in [1.54, 1.807) is 0 Å². The Balaban J connectivity index is 1.73. The fourth-order valence-electron chi connectivity index (χ4n) is 4.09. The van der Waals surface area contributed by atoms with Crippen LogP contribution in [-0.4, -0.2) is 18.2 Å². The first-order valence-electron chi connectivity index (χ1n) is 13.3. The number of rotatable bonds is 17. The maximum absolute atomic E-state index is 13.0. The molecule has 1 heterocycles. The van der Waals surface area contributed by atoms with Crippen molar-refractivity contribution >= 4 is 10.9 Å². The third kappa shape index (κ3) is 8.65. The van der Waals surface area contributed by atoms with Gasteiger partial charge in [0.25, 0.3) is 5.56 Å². The molecular formula is C30H41NO4. The molecule has 35 heavy (non-hydrogen) atoms. The van der Waals surface area contributed by atoms with Gasteiger partial charge in [0, 0.05) is 11.5 Å². The number of aromatic amines is 1. The Labute approximate surface area is 209 Å². The van der Waals surface area contributed by atoms with E-state index in [0.717, 1.165) is 36.6 Å². The topological polar surface area (TPSA) is 60.6 Å². The summed E-state index contributed by atoms with van der Waals surface area (Å²) < 4.78 is 18.1. The molecule has 3 aromatic rings. The molecule has 0 saturated heterocycles. The maximum atomic E-state index is 13.0. The van der Waals surface area contributed by atoms with E-state index in [1.165, 1.54) is 38.5 Å². The van der Waals surface area contributed by atoms with Crippen molar-refractivity contribution in [1.29, 1.82) is 0 Å². The van der Waals surface area contributed by atoms with Gasteiger partial charge in [-0.15, -0.1) is 0 Å². The van der Waals surface area contributed by atoms with E-state index in [2.05, 4.69) is 18.8 Å². The standard InChI is InChI=1S/C30H41NO4/c1-3-5-7-9-10-15-21-34-29-28(33-20-14-8-6-4-2)26-19-18-25(22-27(26)31-30(29)32)35-23-24-16-12-11-13-17-24/h11-13,16-19,22H,3-10,14-15,20-21,23H2,1-2H3,(H,31,32). The van der Waals surface area contributed by atoms with Crippen LogP contribution in [0.5, 0.6) is 17.2 Å². The lowest BCUT2D eigenvalue weighted by molar-refractivity contribution is 0.258. The third-order valence-electron chi connectivity index (χ3n) is 6.13. The Bertz CT molecular complexity index is 1060. The molecule has 0 aliphatic heterocycles. The minimum Gasteiger partial charge on any atom is -0.489 e. The number of benzene rings is 2. The van der Waals surface area contributed by atoms with Crippen LogP contribution in [0.2, 0.25) is 0 Å².